The lowest BCUT2D eigenvalue weighted by Gasteiger charge is -2.23. The van der Waals surface area contributed by atoms with Crippen molar-refractivity contribution < 1.29 is 24.2 Å². The highest BCUT2D eigenvalue weighted by Crippen LogP contribution is 2.01. The molecule has 0 aromatic heterocycles. The zero-order valence-electron chi connectivity index (χ0n) is 10.5. The zero-order chi connectivity index (χ0) is 13.4. The Hall–Kier alpha value is -1.34. The number of hydrogen-bond acceptors (Lipinski definition) is 4. The van der Waals surface area contributed by atoms with Crippen molar-refractivity contribution in [2.75, 3.05) is 32.9 Å². The zero-order valence-corrected chi connectivity index (χ0v) is 10.5. The van der Waals surface area contributed by atoms with Crippen LogP contribution in [0.5, 0.6) is 0 Å². The second-order valence-electron chi connectivity index (χ2n) is 4.10. The summed E-state index contributed by atoms with van der Waals surface area (Å²) < 4.78 is 10.5. The smallest absolute Gasteiger partial charge is 0.314 e. The van der Waals surface area contributed by atoms with E-state index in [1.807, 2.05) is 0 Å². The summed E-state index contributed by atoms with van der Waals surface area (Å²) in [5, 5.41) is 14.0. The molecule has 1 fully saturated rings. The molecule has 1 saturated heterocycles. The Morgan fingerprint density at radius 3 is 2.72 bits per heavy atom. The minimum Gasteiger partial charge on any atom is -0.481 e. The molecule has 1 rings (SSSR count). The lowest BCUT2D eigenvalue weighted by atomic mass is 10.1. The second-order valence-corrected chi connectivity index (χ2v) is 4.10. The fourth-order valence-corrected chi connectivity index (χ4v) is 1.55. The van der Waals surface area contributed by atoms with Crippen LogP contribution in [0.25, 0.3) is 0 Å². The van der Waals surface area contributed by atoms with Crippen LogP contribution in [-0.2, 0) is 14.3 Å². The minimum atomic E-state index is -0.901. The van der Waals surface area contributed by atoms with Crippen LogP contribution < -0.4 is 10.6 Å². The molecular formula is C11H20N2O5. The van der Waals surface area contributed by atoms with Crippen molar-refractivity contribution in [3.05, 3.63) is 0 Å². The second kappa shape index (κ2) is 7.88. The average Bonchev–Trinajstić information content (AvgIpc) is 2.38. The summed E-state index contributed by atoms with van der Waals surface area (Å²) in [6, 6.07) is -0.385. The first kappa shape index (κ1) is 14.7. The van der Waals surface area contributed by atoms with Gasteiger partial charge in [0.15, 0.2) is 0 Å². The summed E-state index contributed by atoms with van der Waals surface area (Å²) in [4.78, 5) is 22.2. The summed E-state index contributed by atoms with van der Waals surface area (Å²) in [6.07, 6.45) is 0.348. The predicted molar refractivity (Wildman–Crippen MR) is 63.4 cm³/mol. The standard InChI is InChI=1S/C11H20N2O5/c1-2-8(10(14)15)5-12-11(16)13-6-9-7-17-3-4-18-9/h8-9H,2-7H2,1H3,(H,14,15)(H2,12,13,16). The largest absolute Gasteiger partial charge is 0.481 e. The lowest BCUT2D eigenvalue weighted by Crippen LogP contribution is -2.45. The van der Waals surface area contributed by atoms with Crippen LogP contribution in [0.15, 0.2) is 0 Å². The van der Waals surface area contributed by atoms with E-state index in [4.69, 9.17) is 14.6 Å². The maximum absolute atomic E-state index is 11.4. The van der Waals surface area contributed by atoms with Gasteiger partial charge in [-0.15, -0.1) is 0 Å². The van der Waals surface area contributed by atoms with Crippen LogP contribution in [0.2, 0.25) is 0 Å². The molecule has 104 valence electrons. The molecule has 0 spiro atoms. The number of nitrogens with one attached hydrogen (secondary N) is 2. The number of ether oxygens (including phenoxy) is 2. The van der Waals surface area contributed by atoms with Crippen LogP contribution in [0.4, 0.5) is 4.79 Å². The topological polar surface area (TPSA) is 96.9 Å². The van der Waals surface area contributed by atoms with Crippen LogP contribution in [0, 0.1) is 5.92 Å². The van der Waals surface area contributed by atoms with Gasteiger partial charge in [-0.25, -0.2) is 4.79 Å². The average molecular weight is 260 g/mol. The summed E-state index contributed by atoms with van der Waals surface area (Å²) in [5.41, 5.74) is 0. The van der Waals surface area contributed by atoms with Crippen molar-refractivity contribution in [3.63, 3.8) is 0 Å². The molecule has 7 nitrogen and oxygen atoms in total. The van der Waals surface area contributed by atoms with Crippen molar-refractivity contribution in [1.82, 2.24) is 10.6 Å². The first-order valence-corrected chi connectivity index (χ1v) is 6.07. The molecule has 2 atom stereocenters. The highest BCUT2D eigenvalue weighted by molar-refractivity contribution is 5.75. The van der Waals surface area contributed by atoms with Gasteiger partial charge in [0.05, 0.1) is 31.8 Å². The van der Waals surface area contributed by atoms with Crippen molar-refractivity contribution in [2.45, 2.75) is 19.4 Å². The summed E-state index contributed by atoms with van der Waals surface area (Å²) >= 11 is 0. The fourth-order valence-electron chi connectivity index (χ4n) is 1.55. The van der Waals surface area contributed by atoms with Gasteiger partial charge in [-0.3, -0.25) is 4.79 Å². The molecule has 0 saturated carbocycles. The molecule has 0 bridgehead atoms. The third-order valence-corrected chi connectivity index (χ3v) is 2.73. The van der Waals surface area contributed by atoms with E-state index in [9.17, 15) is 9.59 Å². The molecule has 2 amide bonds. The van der Waals surface area contributed by atoms with Crippen molar-refractivity contribution >= 4 is 12.0 Å². The molecule has 1 aliphatic rings. The minimum absolute atomic E-state index is 0.125. The van der Waals surface area contributed by atoms with E-state index >= 15 is 0 Å². The van der Waals surface area contributed by atoms with E-state index in [2.05, 4.69) is 10.6 Å². The van der Waals surface area contributed by atoms with Crippen LogP contribution >= 0.6 is 0 Å². The molecule has 18 heavy (non-hydrogen) atoms. The van der Waals surface area contributed by atoms with Crippen LogP contribution in [0.3, 0.4) is 0 Å². The number of hydrogen-bond donors (Lipinski definition) is 3. The highest BCUT2D eigenvalue weighted by atomic mass is 16.6. The Balaban J connectivity index is 2.14. The van der Waals surface area contributed by atoms with E-state index < -0.39 is 11.9 Å². The molecule has 3 N–H and O–H groups in total. The lowest BCUT2D eigenvalue weighted by molar-refractivity contribution is -0.141. The van der Waals surface area contributed by atoms with Crippen LogP contribution in [-0.4, -0.2) is 56.1 Å². The first-order chi connectivity index (χ1) is 8.63. The van der Waals surface area contributed by atoms with Gasteiger partial charge in [0.2, 0.25) is 0 Å². The summed E-state index contributed by atoms with van der Waals surface area (Å²) in [7, 11) is 0. The maximum atomic E-state index is 11.4. The van der Waals surface area contributed by atoms with Gasteiger partial charge in [0.1, 0.15) is 0 Å². The Labute approximate surface area is 106 Å². The van der Waals surface area contributed by atoms with Crippen molar-refractivity contribution in [3.8, 4) is 0 Å². The van der Waals surface area contributed by atoms with Gasteiger partial charge >= 0.3 is 12.0 Å². The molecule has 0 aliphatic carbocycles. The molecule has 2 unspecified atom stereocenters. The number of aliphatic carboxylic acids is 1. The number of carbonyl (C=O) groups excluding carboxylic acids is 1. The molecule has 0 aromatic rings. The molecular weight excluding hydrogens is 240 g/mol. The third-order valence-electron chi connectivity index (χ3n) is 2.73. The van der Waals surface area contributed by atoms with Crippen molar-refractivity contribution in [1.29, 1.82) is 0 Å². The van der Waals surface area contributed by atoms with Gasteiger partial charge in [0, 0.05) is 13.1 Å². The predicted octanol–water partition coefficient (Wildman–Crippen LogP) is -0.188. The van der Waals surface area contributed by atoms with E-state index in [-0.39, 0.29) is 18.7 Å². The van der Waals surface area contributed by atoms with Crippen molar-refractivity contribution in [2.24, 2.45) is 5.92 Å². The molecule has 1 aliphatic heterocycles. The van der Waals surface area contributed by atoms with E-state index in [0.29, 0.717) is 32.8 Å². The van der Waals surface area contributed by atoms with Gasteiger partial charge in [0.25, 0.3) is 0 Å². The third kappa shape index (κ3) is 5.33. The maximum Gasteiger partial charge on any atom is 0.314 e. The fraction of sp³-hybridized carbons (Fsp3) is 0.818. The SMILES string of the molecule is CCC(CNC(=O)NCC1COCCO1)C(=O)O. The Kier molecular flexibility index (Phi) is 6.45. The molecule has 1 heterocycles. The van der Waals surface area contributed by atoms with Gasteiger partial charge in [-0.1, -0.05) is 6.92 Å². The Morgan fingerprint density at radius 1 is 1.39 bits per heavy atom. The Morgan fingerprint density at radius 2 is 2.17 bits per heavy atom. The van der Waals surface area contributed by atoms with Crippen LogP contribution in [0.1, 0.15) is 13.3 Å². The number of carboxylic acids is 1. The quantitative estimate of drug-likeness (QED) is 0.615. The van der Waals surface area contributed by atoms with Gasteiger partial charge < -0.3 is 25.2 Å². The number of carbonyl (C=O) groups is 2. The number of carboxylic acid groups (broad SMARTS) is 1. The van der Waals surface area contributed by atoms with Gasteiger partial charge in [-0.2, -0.15) is 0 Å². The number of amides is 2. The monoisotopic (exact) mass is 260 g/mol. The number of urea groups is 1. The Bertz CT molecular complexity index is 279. The highest BCUT2D eigenvalue weighted by Gasteiger charge is 2.17. The molecule has 0 radical (unpaired) electrons. The van der Waals surface area contributed by atoms with Gasteiger partial charge in [-0.05, 0) is 6.42 Å². The summed E-state index contributed by atoms with van der Waals surface area (Å²) in [6.45, 7) is 3.83. The molecule has 7 heteroatoms. The molecule has 0 aromatic carbocycles. The first-order valence-electron chi connectivity index (χ1n) is 6.07. The number of rotatable bonds is 6. The summed E-state index contributed by atoms with van der Waals surface area (Å²) in [5.74, 6) is -1.45. The normalized spacial score (nSPS) is 21.1. The van der Waals surface area contributed by atoms with E-state index in [1.165, 1.54) is 0 Å². The van der Waals surface area contributed by atoms with E-state index in [0.717, 1.165) is 0 Å². The van der Waals surface area contributed by atoms with E-state index in [1.54, 1.807) is 6.92 Å².